The molecule has 1 aliphatic rings. The molecular formula is C25H50N4O3Si2. The third kappa shape index (κ3) is 6.60. The third-order valence-corrected chi connectivity index (χ3v) is 16.8. The summed E-state index contributed by atoms with van der Waals surface area (Å²) in [5.41, 5.74) is 1.01. The van der Waals surface area contributed by atoms with Gasteiger partial charge in [0.25, 0.3) is 0 Å². The monoisotopic (exact) mass is 510 g/mol. The smallest absolute Gasteiger partial charge is 0.226 e. The summed E-state index contributed by atoms with van der Waals surface area (Å²) in [5.74, 6) is 1.58. The molecule has 0 N–H and O–H groups in total. The van der Waals surface area contributed by atoms with Crippen LogP contribution in [0.4, 0.5) is 11.8 Å². The number of aromatic nitrogens is 2. The molecule has 1 aromatic heterocycles. The van der Waals surface area contributed by atoms with E-state index in [1.165, 1.54) is 0 Å². The van der Waals surface area contributed by atoms with Gasteiger partial charge in [-0.05, 0) is 36.3 Å². The number of nitrogens with zero attached hydrogens (tertiary/aromatic N) is 4. The first-order valence-electron chi connectivity index (χ1n) is 12.5. The van der Waals surface area contributed by atoms with E-state index in [1.807, 2.05) is 44.2 Å². The second-order valence-corrected chi connectivity index (χ2v) is 22.7. The van der Waals surface area contributed by atoms with E-state index in [1.54, 1.807) is 0 Å². The maximum atomic E-state index is 6.93. The van der Waals surface area contributed by atoms with Crippen molar-refractivity contribution in [1.29, 1.82) is 0 Å². The molecule has 1 fully saturated rings. The summed E-state index contributed by atoms with van der Waals surface area (Å²) >= 11 is 0. The first-order valence-corrected chi connectivity index (χ1v) is 18.3. The zero-order valence-corrected chi connectivity index (χ0v) is 26.2. The minimum absolute atomic E-state index is 0.0146. The van der Waals surface area contributed by atoms with Crippen molar-refractivity contribution in [1.82, 2.24) is 9.97 Å². The molecule has 2 heterocycles. The highest BCUT2D eigenvalue weighted by molar-refractivity contribution is 6.74. The quantitative estimate of drug-likeness (QED) is 0.406. The average molecular weight is 511 g/mol. The van der Waals surface area contributed by atoms with Crippen molar-refractivity contribution in [3.05, 3.63) is 11.8 Å². The van der Waals surface area contributed by atoms with Crippen LogP contribution >= 0.6 is 0 Å². The maximum absolute atomic E-state index is 6.93. The highest BCUT2D eigenvalue weighted by Gasteiger charge is 2.47. The fourth-order valence-electron chi connectivity index (χ4n) is 3.42. The molecule has 0 saturated carbocycles. The standard InChI is InChI=1S/C25H50N4O3Si2/c1-24(2,3)33(11,12)30-17-21-20(32-34(13,14)25(4,5)6)15-19(31-21)18-16-26-23(29(9)10)27-22(18)28(7)8/h16,19-21H,15,17H2,1-14H3/t19-,20+,21-/m1/s1. The molecule has 196 valence electrons. The molecule has 3 atom stereocenters. The molecule has 0 unspecified atom stereocenters. The molecule has 34 heavy (non-hydrogen) atoms. The van der Waals surface area contributed by atoms with Crippen LogP contribution < -0.4 is 9.80 Å². The predicted molar refractivity (Wildman–Crippen MR) is 148 cm³/mol. The van der Waals surface area contributed by atoms with Crippen LogP contribution in [0.2, 0.25) is 36.3 Å². The van der Waals surface area contributed by atoms with Crippen molar-refractivity contribution in [3.63, 3.8) is 0 Å². The molecular weight excluding hydrogens is 460 g/mol. The fourth-order valence-corrected chi connectivity index (χ4v) is 5.80. The Kier molecular flexibility index (Phi) is 8.74. The van der Waals surface area contributed by atoms with Crippen LogP contribution in [0, 0.1) is 0 Å². The van der Waals surface area contributed by atoms with Crippen molar-refractivity contribution in [2.75, 3.05) is 44.6 Å². The van der Waals surface area contributed by atoms with E-state index in [9.17, 15) is 0 Å². The molecule has 2 rings (SSSR count). The zero-order chi connectivity index (χ0) is 26.3. The zero-order valence-electron chi connectivity index (χ0n) is 24.2. The Morgan fingerprint density at radius 1 is 0.941 bits per heavy atom. The molecule has 1 saturated heterocycles. The number of hydrogen-bond donors (Lipinski definition) is 0. The normalized spacial score (nSPS) is 22.2. The molecule has 1 aliphatic heterocycles. The van der Waals surface area contributed by atoms with Crippen LogP contribution in [-0.2, 0) is 13.6 Å². The molecule has 7 nitrogen and oxygen atoms in total. The lowest BCUT2D eigenvalue weighted by atomic mass is 10.1. The summed E-state index contributed by atoms with van der Waals surface area (Å²) in [6.07, 6.45) is 2.44. The van der Waals surface area contributed by atoms with E-state index in [4.69, 9.17) is 18.6 Å². The summed E-state index contributed by atoms with van der Waals surface area (Å²) in [7, 11) is 4.05. The van der Waals surface area contributed by atoms with Gasteiger partial charge in [0.2, 0.25) is 5.95 Å². The van der Waals surface area contributed by atoms with E-state index in [0.717, 1.165) is 17.8 Å². The van der Waals surface area contributed by atoms with E-state index in [0.29, 0.717) is 12.6 Å². The van der Waals surface area contributed by atoms with Gasteiger partial charge in [0.1, 0.15) is 11.9 Å². The third-order valence-electron chi connectivity index (χ3n) is 7.82. The van der Waals surface area contributed by atoms with E-state index >= 15 is 0 Å². The first-order chi connectivity index (χ1) is 15.3. The van der Waals surface area contributed by atoms with Gasteiger partial charge in [-0.3, -0.25) is 0 Å². The van der Waals surface area contributed by atoms with Gasteiger partial charge in [-0.1, -0.05) is 41.5 Å². The highest BCUT2D eigenvalue weighted by atomic mass is 28.4. The Hall–Kier alpha value is -1.01. The molecule has 0 spiro atoms. The van der Waals surface area contributed by atoms with Crippen LogP contribution in [0.15, 0.2) is 6.20 Å². The van der Waals surface area contributed by atoms with Gasteiger partial charge in [0.15, 0.2) is 16.6 Å². The van der Waals surface area contributed by atoms with Crippen molar-refractivity contribution in [2.24, 2.45) is 0 Å². The largest absolute Gasteiger partial charge is 0.414 e. The minimum Gasteiger partial charge on any atom is -0.414 e. The predicted octanol–water partition coefficient (Wildman–Crippen LogP) is 5.85. The van der Waals surface area contributed by atoms with Gasteiger partial charge < -0.3 is 23.4 Å². The lowest BCUT2D eigenvalue weighted by Crippen LogP contribution is -2.48. The molecule has 0 aromatic carbocycles. The van der Waals surface area contributed by atoms with Crippen LogP contribution in [0.5, 0.6) is 0 Å². The minimum atomic E-state index is -1.99. The van der Waals surface area contributed by atoms with Crippen LogP contribution in [0.25, 0.3) is 0 Å². The number of hydrogen-bond acceptors (Lipinski definition) is 7. The highest BCUT2D eigenvalue weighted by Crippen LogP contribution is 2.44. The Morgan fingerprint density at radius 2 is 1.50 bits per heavy atom. The molecule has 9 heteroatoms. The van der Waals surface area contributed by atoms with Gasteiger partial charge in [0.05, 0.1) is 18.8 Å². The van der Waals surface area contributed by atoms with Crippen LogP contribution in [-0.4, -0.2) is 73.6 Å². The summed E-state index contributed by atoms with van der Waals surface area (Å²) in [6.45, 7) is 23.4. The van der Waals surface area contributed by atoms with Crippen molar-refractivity contribution < 1.29 is 13.6 Å². The second-order valence-electron chi connectivity index (χ2n) is 13.1. The summed E-state index contributed by atoms with van der Waals surface area (Å²) in [6, 6.07) is 0. The van der Waals surface area contributed by atoms with E-state index < -0.39 is 16.6 Å². The summed E-state index contributed by atoms with van der Waals surface area (Å²) < 4.78 is 20.2. The summed E-state index contributed by atoms with van der Waals surface area (Å²) in [4.78, 5) is 13.4. The Morgan fingerprint density at radius 3 is 1.97 bits per heavy atom. The summed E-state index contributed by atoms with van der Waals surface area (Å²) in [5, 5.41) is 0.274. The first kappa shape index (κ1) is 29.2. The van der Waals surface area contributed by atoms with E-state index in [-0.39, 0.29) is 28.4 Å². The van der Waals surface area contributed by atoms with Gasteiger partial charge in [-0.25, -0.2) is 4.98 Å². The van der Waals surface area contributed by atoms with E-state index in [2.05, 4.69) is 72.7 Å². The lowest BCUT2D eigenvalue weighted by Gasteiger charge is -2.40. The Labute approximate surface area is 210 Å². The molecule has 0 bridgehead atoms. The van der Waals surface area contributed by atoms with Gasteiger partial charge in [0, 0.05) is 46.4 Å². The topological polar surface area (TPSA) is 60.0 Å². The number of anilines is 2. The second kappa shape index (κ2) is 10.2. The molecule has 0 aliphatic carbocycles. The Balaban J connectivity index is 2.37. The van der Waals surface area contributed by atoms with Gasteiger partial charge in [-0.15, -0.1) is 0 Å². The average Bonchev–Trinajstić information content (AvgIpc) is 3.06. The number of ether oxygens (including phenoxy) is 1. The van der Waals surface area contributed by atoms with Gasteiger partial charge >= 0.3 is 0 Å². The van der Waals surface area contributed by atoms with Crippen LogP contribution in [0.3, 0.4) is 0 Å². The number of rotatable bonds is 8. The SMILES string of the molecule is CN(C)c1ncc([C@H]2C[C@H](O[Si](C)(C)C(C)(C)C)[C@@H](CO[Si](C)(C)C(C)(C)C)O2)c(N(C)C)n1. The molecule has 0 amide bonds. The Bertz CT molecular complexity index is 832. The fraction of sp³-hybridized carbons (Fsp3) is 0.840. The van der Waals surface area contributed by atoms with Crippen molar-refractivity contribution in [2.45, 2.75) is 103 Å². The molecule has 0 radical (unpaired) electrons. The van der Waals surface area contributed by atoms with Crippen molar-refractivity contribution in [3.8, 4) is 0 Å². The molecule has 1 aromatic rings. The van der Waals surface area contributed by atoms with Crippen LogP contribution in [0.1, 0.15) is 59.6 Å². The van der Waals surface area contributed by atoms with Gasteiger partial charge in [-0.2, -0.15) is 4.98 Å². The maximum Gasteiger partial charge on any atom is 0.226 e. The lowest BCUT2D eigenvalue weighted by molar-refractivity contribution is -0.0164. The van der Waals surface area contributed by atoms with Crippen molar-refractivity contribution >= 4 is 28.4 Å².